The topological polar surface area (TPSA) is 71.1 Å². The Hall–Kier alpha value is -3.68. The summed E-state index contributed by atoms with van der Waals surface area (Å²) in [6.45, 7) is 0. The van der Waals surface area contributed by atoms with Crippen LogP contribution < -0.4 is 10.6 Å². The lowest BCUT2D eigenvalue weighted by molar-refractivity contribution is -0.137. The minimum absolute atomic E-state index is 0.158. The number of nitrogens with zero attached hydrogens (tertiary/aromatic N) is 1. The van der Waals surface area contributed by atoms with Gasteiger partial charge in [-0.3, -0.25) is 14.6 Å². The normalized spacial score (nSPS) is 11.0. The third-order valence-corrected chi connectivity index (χ3v) is 3.80. The van der Waals surface area contributed by atoms with Gasteiger partial charge in [0.25, 0.3) is 11.8 Å². The van der Waals surface area contributed by atoms with Crippen molar-refractivity contribution in [2.75, 3.05) is 10.6 Å². The second-order valence-electron chi connectivity index (χ2n) is 5.71. The Morgan fingerprint density at radius 1 is 0.750 bits per heavy atom. The molecule has 0 saturated carbocycles. The molecule has 3 rings (SSSR count). The van der Waals surface area contributed by atoms with E-state index >= 15 is 0 Å². The highest BCUT2D eigenvalue weighted by Crippen LogP contribution is 2.32. The van der Waals surface area contributed by atoms with Gasteiger partial charge in [0.05, 0.1) is 22.5 Å². The van der Waals surface area contributed by atoms with Gasteiger partial charge in [0, 0.05) is 6.20 Å². The Balaban J connectivity index is 1.85. The molecule has 8 heteroatoms. The first-order chi connectivity index (χ1) is 13.4. The van der Waals surface area contributed by atoms with Crippen LogP contribution >= 0.6 is 0 Å². The molecule has 5 nitrogen and oxygen atoms in total. The number of carbonyl (C=O) groups excluding carboxylic acids is 2. The molecule has 0 unspecified atom stereocenters. The van der Waals surface area contributed by atoms with E-state index in [2.05, 4.69) is 15.6 Å². The lowest BCUT2D eigenvalue weighted by atomic mass is 10.1. The van der Waals surface area contributed by atoms with Crippen LogP contribution in [0, 0.1) is 0 Å². The molecule has 2 N–H and O–H groups in total. The summed E-state index contributed by atoms with van der Waals surface area (Å²) in [5.41, 5.74) is -1.00. The monoisotopic (exact) mass is 385 g/mol. The number of pyridine rings is 1. The van der Waals surface area contributed by atoms with Crippen molar-refractivity contribution in [2.45, 2.75) is 6.18 Å². The first-order valence-electron chi connectivity index (χ1n) is 8.15. The first-order valence-corrected chi connectivity index (χ1v) is 8.15. The van der Waals surface area contributed by atoms with Gasteiger partial charge < -0.3 is 10.6 Å². The molecule has 1 heterocycles. The van der Waals surface area contributed by atoms with Gasteiger partial charge in [-0.1, -0.05) is 30.3 Å². The van der Waals surface area contributed by atoms with E-state index in [-0.39, 0.29) is 17.1 Å². The summed E-state index contributed by atoms with van der Waals surface area (Å²) >= 11 is 0. The van der Waals surface area contributed by atoms with Crippen molar-refractivity contribution < 1.29 is 22.8 Å². The minimum atomic E-state index is -4.67. The van der Waals surface area contributed by atoms with E-state index in [1.165, 1.54) is 36.5 Å². The number of carbonyl (C=O) groups is 2. The maximum absolute atomic E-state index is 13.1. The third-order valence-electron chi connectivity index (χ3n) is 3.80. The fourth-order valence-electron chi connectivity index (χ4n) is 2.50. The highest BCUT2D eigenvalue weighted by molar-refractivity contribution is 6.10. The van der Waals surface area contributed by atoms with Crippen LogP contribution in [0.2, 0.25) is 0 Å². The molecule has 0 bridgehead atoms. The van der Waals surface area contributed by atoms with Crippen LogP contribution in [-0.2, 0) is 6.18 Å². The van der Waals surface area contributed by atoms with Gasteiger partial charge in [-0.05, 0) is 36.4 Å². The van der Waals surface area contributed by atoms with Crippen LogP contribution in [-0.4, -0.2) is 16.8 Å². The number of hydrogen-bond acceptors (Lipinski definition) is 3. The van der Waals surface area contributed by atoms with Crippen molar-refractivity contribution in [3.8, 4) is 0 Å². The molecule has 2 amide bonds. The molecule has 0 spiro atoms. The van der Waals surface area contributed by atoms with Gasteiger partial charge in [-0.25, -0.2) is 0 Å². The fourth-order valence-corrected chi connectivity index (χ4v) is 2.50. The molecule has 3 aromatic rings. The fraction of sp³-hybridized carbons (Fsp3) is 0.0500. The SMILES string of the molecule is O=C(Nc1ccccc1NC(=O)c1ccccc1C(F)(F)F)c1ccccn1. The number of nitrogens with one attached hydrogen (secondary N) is 2. The highest BCUT2D eigenvalue weighted by Gasteiger charge is 2.34. The summed E-state index contributed by atoms with van der Waals surface area (Å²) in [6, 6.07) is 15.5. The van der Waals surface area contributed by atoms with E-state index in [0.717, 1.165) is 12.1 Å². The Kier molecular flexibility index (Phi) is 5.39. The average Bonchev–Trinajstić information content (AvgIpc) is 2.69. The predicted octanol–water partition coefficient (Wildman–Crippen LogP) is 4.61. The molecule has 0 aliphatic rings. The number of halogens is 3. The summed E-state index contributed by atoms with van der Waals surface area (Å²) in [5.74, 6) is -1.45. The molecule has 0 atom stereocenters. The zero-order chi connectivity index (χ0) is 20.1. The van der Waals surface area contributed by atoms with Gasteiger partial charge in [0.15, 0.2) is 0 Å². The Labute approximate surface area is 158 Å². The van der Waals surface area contributed by atoms with E-state index in [4.69, 9.17) is 0 Å². The lowest BCUT2D eigenvalue weighted by Crippen LogP contribution is -2.20. The maximum atomic E-state index is 13.1. The molecular weight excluding hydrogens is 371 g/mol. The molecule has 28 heavy (non-hydrogen) atoms. The molecule has 2 aromatic carbocycles. The smallest absolute Gasteiger partial charge is 0.320 e. The van der Waals surface area contributed by atoms with Crippen LogP contribution in [0.15, 0.2) is 72.9 Å². The second-order valence-corrected chi connectivity index (χ2v) is 5.71. The summed E-state index contributed by atoms with van der Waals surface area (Å²) in [6.07, 6.45) is -3.21. The van der Waals surface area contributed by atoms with Crippen molar-refractivity contribution in [1.29, 1.82) is 0 Å². The van der Waals surface area contributed by atoms with E-state index in [1.807, 2.05) is 0 Å². The first kappa shape index (κ1) is 19.1. The molecule has 0 fully saturated rings. The third kappa shape index (κ3) is 4.35. The van der Waals surface area contributed by atoms with Gasteiger partial charge >= 0.3 is 6.18 Å². The van der Waals surface area contributed by atoms with E-state index in [1.54, 1.807) is 24.3 Å². The standard InChI is InChI=1S/C20H14F3N3O2/c21-20(22,23)14-8-2-1-7-13(14)18(27)25-15-9-3-4-10-16(15)26-19(28)17-11-5-6-12-24-17/h1-12H,(H,25,27)(H,26,28). The Bertz CT molecular complexity index is 1000. The summed E-state index contributed by atoms with van der Waals surface area (Å²) < 4.78 is 39.4. The predicted molar refractivity (Wildman–Crippen MR) is 98.0 cm³/mol. The molecule has 0 saturated heterocycles. The van der Waals surface area contributed by atoms with E-state index in [0.29, 0.717) is 0 Å². The number of rotatable bonds is 4. The summed E-state index contributed by atoms with van der Waals surface area (Å²) in [4.78, 5) is 28.7. The second kappa shape index (κ2) is 7.91. The summed E-state index contributed by atoms with van der Waals surface area (Å²) in [7, 11) is 0. The van der Waals surface area contributed by atoms with Crippen LogP contribution in [0.25, 0.3) is 0 Å². The van der Waals surface area contributed by atoms with Crippen molar-refractivity contribution in [3.63, 3.8) is 0 Å². The van der Waals surface area contributed by atoms with Gasteiger partial charge in [0.1, 0.15) is 5.69 Å². The van der Waals surface area contributed by atoms with Gasteiger partial charge in [0.2, 0.25) is 0 Å². The van der Waals surface area contributed by atoms with Crippen LogP contribution in [0.5, 0.6) is 0 Å². The number of amides is 2. The lowest BCUT2D eigenvalue weighted by Gasteiger charge is -2.15. The zero-order valence-electron chi connectivity index (χ0n) is 14.3. The molecule has 142 valence electrons. The average molecular weight is 385 g/mol. The number of alkyl halides is 3. The molecule has 1 aromatic heterocycles. The number of hydrogen-bond donors (Lipinski definition) is 2. The Morgan fingerprint density at radius 3 is 1.93 bits per heavy atom. The van der Waals surface area contributed by atoms with Crippen molar-refractivity contribution in [3.05, 3.63) is 89.7 Å². The number of anilines is 2. The maximum Gasteiger partial charge on any atom is 0.417 e. The molecule has 0 aliphatic heterocycles. The summed E-state index contributed by atoms with van der Waals surface area (Å²) in [5, 5.41) is 5.01. The van der Waals surface area contributed by atoms with E-state index < -0.39 is 29.1 Å². The molecule has 0 aliphatic carbocycles. The molecular formula is C20H14F3N3O2. The number of benzene rings is 2. The van der Waals surface area contributed by atoms with Crippen LogP contribution in [0.4, 0.5) is 24.5 Å². The Morgan fingerprint density at radius 2 is 1.32 bits per heavy atom. The van der Waals surface area contributed by atoms with Crippen molar-refractivity contribution in [1.82, 2.24) is 4.98 Å². The quantitative estimate of drug-likeness (QED) is 0.689. The minimum Gasteiger partial charge on any atom is -0.320 e. The highest BCUT2D eigenvalue weighted by atomic mass is 19.4. The van der Waals surface area contributed by atoms with Crippen molar-refractivity contribution in [2.24, 2.45) is 0 Å². The largest absolute Gasteiger partial charge is 0.417 e. The van der Waals surface area contributed by atoms with Crippen molar-refractivity contribution >= 4 is 23.2 Å². The zero-order valence-corrected chi connectivity index (χ0v) is 14.3. The van der Waals surface area contributed by atoms with Gasteiger partial charge in [-0.15, -0.1) is 0 Å². The number of para-hydroxylation sites is 2. The van der Waals surface area contributed by atoms with Crippen LogP contribution in [0.3, 0.4) is 0 Å². The van der Waals surface area contributed by atoms with Crippen LogP contribution in [0.1, 0.15) is 26.4 Å². The van der Waals surface area contributed by atoms with Gasteiger partial charge in [-0.2, -0.15) is 13.2 Å². The molecule has 0 radical (unpaired) electrons. The number of aromatic nitrogens is 1. The van der Waals surface area contributed by atoms with E-state index in [9.17, 15) is 22.8 Å².